The number of rotatable bonds is 3. The molecule has 0 atom stereocenters. The van der Waals surface area contributed by atoms with Crippen molar-refractivity contribution < 1.29 is 0 Å². The first-order valence-electron chi connectivity index (χ1n) is 7.52. The molecule has 0 radical (unpaired) electrons. The minimum Gasteiger partial charge on any atom is -0.398 e. The summed E-state index contributed by atoms with van der Waals surface area (Å²) in [6.07, 6.45) is 5.99. The number of anilines is 1. The molecule has 0 amide bonds. The zero-order valence-corrected chi connectivity index (χ0v) is 12.9. The molecular weight excluding hydrogens is 286 g/mol. The summed E-state index contributed by atoms with van der Waals surface area (Å²) in [6.45, 7) is 2.26. The van der Waals surface area contributed by atoms with Crippen molar-refractivity contribution in [1.29, 1.82) is 0 Å². The van der Waals surface area contributed by atoms with Crippen molar-refractivity contribution in [2.24, 2.45) is 5.92 Å². The van der Waals surface area contributed by atoms with Gasteiger partial charge in [0.1, 0.15) is 0 Å². The van der Waals surface area contributed by atoms with Gasteiger partial charge in [0, 0.05) is 16.3 Å². The second-order valence-corrected chi connectivity index (χ2v) is 6.20. The molecule has 1 heterocycles. The zero-order valence-electron chi connectivity index (χ0n) is 12.2. The van der Waals surface area contributed by atoms with Crippen molar-refractivity contribution in [3.8, 4) is 11.4 Å². The van der Waals surface area contributed by atoms with Crippen LogP contribution in [0.5, 0.6) is 0 Å². The topological polar surface area (TPSA) is 69.6 Å². The van der Waals surface area contributed by atoms with Crippen molar-refractivity contribution in [2.75, 3.05) is 5.73 Å². The lowest BCUT2D eigenvalue weighted by atomic mass is 9.84. The Morgan fingerprint density at radius 2 is 2.05 bits per heavy atom. The van der Waals surface area contributed by atoms with Gasteiger partial charge in [-0.3, -0.25) is 0 Å². The monoisotopic (exact) mass is 305 g/mol. The average molecular weight is 306 g/mol. The van der Waals surface area contributed by atoms with Crippen LogP contribution in [0.4, 0.5) is 5.69 Å². The molecule has 6 heteroatoms. The summed E-state index contributed by atoms with van der Waals surface area (Å²) in [6, 6.07) is 5.76. The third-order valence-electron chi connectivity index (χ3n) is 4.49. The molecule has 1 aromatic carbocycles. The molecule has 0 spiro atoms. The van der Waals surface area contributed by atoms with Gasteiger partial charge in [-0.05, 0) is 60.2 Å². The first-order chi connectivity index (χ1) is 10.2. The third kappa shape index (κ3) is 2.88. The first-order valence-corrected chi connectivity index (χ1v) is 7.90. The van der Waals surface area contributed by atoms with E-state index in [0.717, 1.165) is 30.1 Å². The molecule has 5 nitrogen and oxygen atoms in total. The number of nitrogen functional groups attached to an aromatic ring is 1. The van der Waals surface area contributed by atoms with Gasteiger partial charge in [-0.2, -0.15) is 0 Å². The number of aromatic nitrogens is 4. The molecule has 2 N–H and O–H groups in total. The highest BCUT2D eigenvalue weighted by Crippen LogP contribution is 2.36. The normalized spacial score (nSPS) is 22.4. The Bertz CT molecular complexity index is 616. The minimum absolute atomic E-state index is 0.358. The van der Waals surface area contributed by atoms with Gasteiger partial charge in [0.15, 0.2) is 5.82 Å². The number of hydrogen-bond acceptors (Lipinski definition) is 4. The van der Waals surface area contributed by atoms with Crippen LogP contribution < -0.4 is 5.73 Å². The fourth-order valence-corrected chi connectivity index (χ4v) is 3.31. The predicted molar refractivity (Wildman–Crippen MR) is 84.0 cm³/mol. The van der Waals surface area contributed by atoms with Gasteiger partial charge in [0.25, 0.3) is 0 Å². The molecule has 0 bridgehead atoms. The van der Waals surface area contributed by atoms with E-state index in [9.17, 15) is 0 Å². The number of nitrogens with two attached hydrogens (primary N) is 1. The fourth-order valence-electron chi connectivity index (χ4n) is 3.14. The van der Waals surface area contributed by atoms with E-state index in [2.05, 4.69) is 22.4 Å². The van der Waals surface area contributed by atoms with E-state index < -0.39 is 0 Å². The number of tetrazole rings is 1. The summed E-state index contributed by atoms with van der Waals surface area (Å²) in [7, 11) is 0. The van der Waals surface area contributed by atoms with Gasteiger partial charge in [0.05, 0.1) is 6.04 Å². The fraction of sp³-hybridized carbons (Fsp3) is 0.533. The van der Waals surface area contributed by atoms with Gasteiger partial charge in [-0.1, -0.05) is 24.9 Å². The Kier molecular flexibility index (Phi) is 4.10. The van der Waals surface area contributed by atoms with Crippen LogP contribution in [0.3, 0.4) is 0 Å². The summed E-state index contributed by atoms with van der Waals surface area (Å²) in [5.41, 5.74) is 7.52. The molecule has 112 valence electrons. The third-order valence-corrected chi connectivity index (χ3v) is 4.72. The van der Waals surface area contributed by atoms with Crippen LogP contribution in [-0.4, -0.2) is 20.2 Å². The Labute approximate surface area is 129 Å². The lowest BCUT2D eigenvalue weighted by Crippen LogP contribution is -2.20. The van der Waals surface area contributed by atoms with Crippen LogP contribution in [0, 0.1) is 5.92 Å². The minimum atomic E-state index is 0.358. The molecule has 0 aliphatic heterocycles. The van der Waals surface area contributed by atoms with E-state index in [0.29, 0.717) is 16.8 Å². The van der Waals surface area contributed by atoms with Crippen molar-refractivity contribution in [3.63, 3.8) is 0 Å². The van der Waals surface area contributed by atoms with E-state index in [1.807, 2.05) is 10.7 Å². The standard InChI is InChI=1S/C15H20ClN5/c1-2-10-3-6-12(7-4-10)21-15(18-19-20-21)13-9-11(16)5-8-14(13)17/h5,8-10,12H,2-4,6-7,17H2,1H3. The van der Waals surface area contributed by atoms with E-state index in [4.69, 9.17) is 17.3 Å². The highest BCUT2D eigenvalue weighted by molar-refractivity contribution is 6.31. The second-order valence-electron chi connectivity index (χ2n) is 5.76. The van der Waals surface area contributed by atoms with E-state index in [-0.39, 0.29) is 0 Å². The first kappa shape index (κ1) is 14.3. The van der Waals surface area contributed by atoms with E-state index in [1.54, 1.807) is 12.1 Å². The maximum Gasteiger partial charge on any atom is 0.184 e. The Hall–Kier alpha value is -1.62. The summed E-state index contributed by atoms with van der Waals surface area (Å²) in [5, 5.41) is 12.9. The molecule has 0 saturated heterocycles. The van der Waals surface area contributed by atoms with Gasteiger partial charge < -0.3 is 5.73 Å². The Morgan fingerprint density at radius 3 is 2.76 bits per heavy atom. The van der Waals surface area contributed by atoms with Crippen LogP contribution in [0.25, 0.3) is 11.4 Å². The molecule has 3 rings (SSSR count). The molecule has 1 aliphatic carbocycles. The Balaban J connectivity index is 1.89. The number of benzene rings is 1. The number of nitrogens with zero attached hydrogens (tertiary/aromatic N) is 4. The molecule has 2 aromatic rings. The maximum absolute atomic E-state index is 6.08. The zero-order chi connectivity index (χ0) is 14.8. The predicted octanol–water partition coefficient (Wildman–Crippen LogP) is 3.72. The highest BCUT2D eigenvalue weighted by Gasteiger charge is 2.25. The quantitative estimate of drug-likeness (QED) is 0.877. The van der Waals surface area contributed by atoms with Crippen LogP contribution in [0.2, 0.25) is 5.02 Å². The highest BCUT2D eigenvalue weighted by atomic mass is 35.5. The van der Waals surface area contributed by atoms with Gasteiger partial charge in [-0.25, -0.2) is 4.68 Å². The smallest absolute Gasteiger partial charge is 0.184 e. The summed E-state index contributed by atoms with van der Waals surface area (Å²) in [4.78, 5) is 0. The maximum atomic E-state index is 6.08. The molecule has 1 aromatic heterocycles. The van der Waals surface area contributed by atoms with Crippen molar-refractivity contribution in [1.82, 2.24) is 20.2 Å². The van der Waals surface area contributed by atoms with Crippen LogP contribution in [0.1, 0.15) is 45.1 Å². The second kappa shape index (κ2) is 6.02. The van der Waals surface area contributed by atoms with Crippen molar-refractivity contribution in [2.45, 2.75) is 45.1 Å². The van der Waals surface area contributed by atoms with Gasteiger partial charge in [0.2, 0.25) is 0 Å². The summed E-state index contributed by atoms with van der Waals surface area (Å²) >= 11 is 6.08. The van der Waals surface area contributed by atoms with E-state index in [1.165, 1.54) is 19.3 Å². The molecule has 1 saturated carbocycles. The molecule has 0 unspecified atom stereocenters. The van der Waals surface area contributed by atoms with Crippen molar-refractivity contribution in [3.05, 3.63) is 23.2 Å². The average Bonchev–Trinajstić information content (AvgIpc) is 2.99. The van der Waals surface area contributed by atoms with Crippen molar-refractivity contribution >= 4 is 17.3 Å². The van der Waals surface area contributed by atoms with Crippen LogP contribution in [-0.2, 0) is 0 Å². The Morgan fingerprint density at radius 1 is 1.29 bits per heavy atom. The van der Waals surface area contributed by atoms with Gasteiger partial charge in [-0.15, -0.1) is 5.10 Å². The number of halogens is 1. The molecular formula is C15H20ClN5. The van der Waals surface area contributed by atoms with Gasteiger partial charge >= 0.3 is 0 Å². The SMILES string of the molecule is CCC1CCC(n2nnnc2-c2cc(Cl)ccc2N)CC1. The molecule has 1 fully saturated rings. The lowest BCUT2D eigenvalue weighted by Gasteiger charge is -2.28. The van der Waals surface area contributed by atoms with E-state index >= 15 is 0 Å². The van der Waals surface area contributed by atoms with Crippen LogP contribution >= 0.6 is 11.6 Å². The van der Waals surface area contributed by atoms with Crippen LogP contribution in [0.15, 0.2) is 18.2 Å². The summed E-state index contributed by atoms with van der Waals surface area (Å²) in [5.74, 6) is 1.56. The molecule has 1 aliphatic rings. The summed E-state index contributed by atoms with van der Waals surface area (Å²) < 4.78 is 1.92. The largest absolute Gasteiger partial charge is 0.398 e. The molecule has 21 heavy (non-hydrogen) atoms. The lowest BCUT2D eigenvalue weighted by molar-refractivity contribution is 0.255. The number of hydrogen-bond donors (Lipinski definition) is 1.